The SMILES string of the molecule is CC[C@@H](O)c1cc2n(n1)CCN(Cc1cn[nH]c1-c1ccc(F)cc1)C2. The molecule has 0 unspecified atom stereocenters. The highest BCUT2D eigenvalue weighted by Crippen LogP contribution is 2.25. The van der Waals surface area contributed by atoms with Crippen molar-refractivity contribution in [2.45, 2.75) is 39.1 Å². The maximum atomic E-state index is 13.2. The van der Waals surface area contributed by atoms with Gasteiger partial charge in [0, 0.05) is 30.8 Å². The van der Waals surface area contributed by atoms with Crippen LogP contribution in [0.15, 0.2) is 36.5 Å². The van der Waals surface area contributed by atoms with E-state index in [0.29, 0.717) is 6.42 Å². The van der Waals surface area contributed by atoms with E-state index in [2.05, 4.69) is 20.2 Å². The number of fused-ring (bicyclic) bond motifs is 1. The number of rotatable bonds is 5. The third-order valence-electron chi connectivity index (χ3n) is 4.87. The van der Waals surface area contributed by atoms with Gasteiger partial charge >= 0.3 is 0 Å². The number of nitrogens with zero attached hydrogens (tertiary/aromatic N) is 4. The highest BCUT2D eigenvalue weighted by molar-refractivity contribution is 5.62. The van der Waals surface area contributed by atoms with Crippen molar-refractivity contribution in [3.05, 3.63) is 59.3 Å². The number of aromatic amines is 1. The van der Waals surface area contributed by atoms with Crippen molar-refractivity contribution in [1.29, 1.82) is 0 Å². The summed E-state index contributed by atoms with van der Waals surface area (Å²) in [6.07, 6.45) is 1.99. The molecule has 3 aromatic rings. The lowest BCUT2D eigenvalue weighted by atomic mass is 10.1. The van der Waals surface area contributed by atoms with Gasteiger partial charge in [0.05, 0.1) is 35.9 Å². The van der Waals surface area contributed by atoms with Gasteiger partial charge < -0.3 is 5.11 Å². The van der Waals surface area contributed by atoms with Crippen LogP contribution in [0.3, 0.4) is 0 Å². The Kier molecular flexibility index (Phi) is 4.57. The molecule has 0 amide bonds. The normalized spacial score (nSPS) is 15.8. The first-order valence-corrected chi connectivity index (χ1v) is 8.89. The summed E-state index contributed by atoms with van der Waals surface area (Å²) in [5, 5.41) is 21.7. The van der Waals surface area contributed by atoms with Gasteiger partial charge in [0.2, 0.25) is 0 Å². The Morgan fingerprint density at radius 1 is 1.27 bits per heavy atom. The lowest BCUT2D eigenvalue weighted by Gasteiger charge is -2.27. The Labute approximate surface area is 151 Å². The largest absolute Gasteiger partial charge is 0.387 e. The zero-order chi connectivity index (χ0) is 18.1. The summed E-state index contributed by atoms with van der Waals surface area (Å²) < 4.78 is 15.2. The molecular weight excluding hydrogens is 333 g/mol. The molecule has 0 bridgehead atoms. The van der Waals surface area contributed by atoms with Crippen LogP contribution in [0.1, 0.15) is 36.4 Å². The summed E-state index contributed by atoms with van der Waals surface area (Å²) >= 11 is 0. The van der Waals surface area contributed by atoms with Crippen LogP contribution in [0.25, 0.3) is 11.3 Å². The van der Waals surface area contributed by atoms with E-state index in [1.54, 1.807) is 12.1 Å². The Morgan fingerprint density at radius 3 is 2.85 bits per heavy atom. The van der Waals surface area contributed by atoms with Gasteiger partial charge in [0.15, 0.2) is 0 Å². The molecule has 1 aliphatic heterocycles. The van der Waals surface area contributed by atoms with Crippen LogP contribution in [0.2, 0.25) is 0 Å². The third-order valence-corrected chi connectivity index (χ3v) is 4.87. The number of halogens is 1. The minimum atomic E-state index is -0.500. The molecule has 26 heavy (non-hydrogen) atoms. The monoisotopic (exact) mass is 355 g/mol. The summed E-state index contributed by atoms with van der Waals surface area (Å²) in [6.45, 7) is 5.16. The van der Waals surface area contributed by atoms with E-state index < -0.39 is 6.10 Å². The molecule has 0 fully saturated rings. The molecule has 2 aromatic heterocycles. The van der Waals surface area contributed by atoms with Gasteiger partial charge in [0.1, 0.15) is 5.82 Å². The first-order chi connectivity index (χ1) is 12.6. The molecule has 1 atom stereocenters. The van der Waals surface area contributed by atoms with Crippen LogP contribution < -0.4 is 0 Å². The topological polar surface area (TPSA) is 70.0 Å². The van der Waals surface area contributed by atoms with E-state index in [1.807, 2.05) is 23.9 Å². The molecule has 0 spiro atoms. The van der Waals surface area contributed by atoms with E-state index in [4.69, 9.17) is 0 Å². The van der Waals surface area contributed by atoms with Crippen LogP contribution in [-0.2, 0) is 19.6 Å². The number of benzene rings is 1. The van der Waals surface area contributed by atoms with Crippen molar-refractivity contribution in [1.82, 2.24) is 24.9 Å². The fourth-order valence-electron chi connectivity index (χ4n) is 3.39. The maximum Gasteiger partial charge on any atom is 0.123 e. The first kappa shape index (κ1) is 16.9. The summed E-state index contributed by atoms with van der Waals surface area (Å²) in [5.74, 6) is -0.246. The fraction of sp³-hybridized carbons (Fsp3) is 0.368. The van der Waals surface area contributed by atoms with E-state index in [-0.39, 0.29) is 5.82 Å². The summed E-state index contributed by atoms with van der Waals surface area (Å²) in [6, 6.07) is 8.43. The van der Waals surface area contributed by atoms with Gasteiger partial charge in [-0.1, -0.05) is 6.92 Å². The predicted molar refractivity (Wildman–Crippen MR) is 95.6 cm³/mol. The molecule has 6 nitrogen and oxygen atoms in total. The van der Waals surface area contributed by atoms with Crippen LogP contribution in [-0.4, -0.2) is 36.5 Å². The molecule has 1 aliphatic rings. The van der Waals surface area contributed by atoms with Crippen LogP contribution in [0.4, 0.5) is 4.39 Å². The lowest BCUT2D eigenvalue weighted by molar-refractivity contribution is 0.166. The molecule has 0 saturated carbocycles. The Hall–Kier alpha value is -2.51. The molecule has 0 aliphatic carbocycles. The molecule has 4 rings (SSSR count). The van der Waals surface area contributed by atoms with E-state index >= 15 is 0 Å². The summed E-state index contributed by atoms with van der Waals surface area (Å²) in [4.78, 5) is 2.33. The predicted octanol–water partition coefficient (Wildman–Crippen LogP) is 2.87. The number of aliphatic hydroxyl groups is 1. The number of H-pyrrole nitrogens is 1. The average Bonchev–Trinajstić information content (AvgIpc) is 3.28. The molecule has 0 radical (unpaired) electrons. The van der Waals surface area contributed by atoms with Crippen molar-refractivity contribution in [3.63, 3.8) is 0 Å². The quantitative estimate of drug-likeness (QED) is 0.738. The number of aliphatic hydroxyl groups excluding tert-OH is 1. The van der Waals surface area contributed by atoms with Gasteiger partial charge in [-0.2, -0.15) is 10.2 Å². The smallest absolute Gasteiger partial charge is 0.123 e. The van der Waals surface area contributed by atoms with Gasteiger partial charge in [-0.3, -0.25) is 14.7 Å². The lowest BCUT2D eigenvalue weighted by Crippen LogP contribution is -2.33. The third kappa shape index (κ3) is 3.27. The second kappa shape index (κ2) is 7.01. The van der Waals surface area contributed by atoms with Gasteiger partial charge in [-0.15, -0.1) is 0 Å². The second-order valence-electron chi connectivity index (χ2n) is 6.70. The van der Waals surface area contributed by atoms with Crippen LogP contribution >= 0.6 is 0 Å². The highest BCUT2D eigenvalue weighted by Gasteiger charge is 2.22. The second-order valence-corrected chi connectivity index (χ2v) is 6.70. The Bertz CT molecular complexity index is 886. The molecule has 7 heteroatoms. The Morgan fingerprint density at radius 2 is 2.08 bits per heavy atom. The van der Waals surface area contributed by atoms with Crippen LogP contribution in [0.5, 0.6) is 0 Å². The Balaban J connectivity index is 1.50. The van der Waals surface area contributed by atoms with E-state index in [9.17, 15) is 9.50 Å². The number of hydrogen-bond acceptors (Lipinski definition) is 4. The van der Waals surface area contributed by atoms with E-state index in [1.165, 1.54) is 12.1 Å². The van der Waals surface area contributed by atoms with Crippen LogP contribution in [0, 0.1) is 5.82 Å². The zero-order valence-corrected chi connectivity index (χ0v) is 14.7. The van der Waals surface area contributed by atoms with Crippen molar-refractivity contribution < 1.29 is 9.50 Å². The van der Waals surface area contributed by atoms with Crippen molar-refractivity contribution >= 4 is 0 Å². The van der Waals surface area contributed by atoms with Crippen molar-refractivity contribution in [2.75, 3.05) is 6.54 Å². The molecule has 3 heterocycles. The standard InChI is InChI=1S/C19H22FN5O/c1-2-18(26)17-9-16-12-24(7-8-25(16)23-17)11-14-10-21-22-19(14)13-3-5-15(20)6-4-13/h3-6,9-10,18,26H,2,7-8,11-12H2,1H3,(H,21,22)/t18-/m1/s1. The molecular formula is C19H22FN5O. The number of hydrogen-bond donors (Lipinski definition) is 2. The fourth-order valence-corrected chi connectivity index (χ4v) is 3.39. The van der Waals surface area contributed by atoms with E-state index in [0.717, 1.165) is 54.4 Å². The summed E-state index contributed by atoms with van der Waals surface area (Å²) in [7, 11) is 0. The number of aromatic nitrogens is 4. The van der Waals surface area contributed by atoms with Gasteiger partial charge in [-0.25, -0.2) is 4.39 Å². The average molecular weight is 355 g/mol. The minimum Gasteiger partial charge on any atom is -0.387 e. The number of nitrogens with one attached hydrogen (secondary N) is 1. The molecule has 2 N–H and O–H groups in total. The molecule has 0 saturated heterocycles. The zero-order valence-electron chi connectivity index (χ0n) is 14.7. The first-order valence-electron chi connectivity index (χ1n) is 8.89. The summed E-state index contributed by atoms with van der Waals surface area (Å²) in [5.41, 5.74) is 4.80. The highest BCUT2D eigenvalue weighted by atomic mass is 19.1. The maximum absolute atomic E-state index is 13.2. The van der Waals surface area contributed by atoms with Crippen molar-refractivity contribution in [2.24, 2.45) is 0 Å². The van der Waals surface area contributed by atoms with Gasteiger partial charge in [-0.05, 0) is 36.8 Å². The molecule has 136 valence electrons. The minimum absolute atomic E-state index is 0.246. The van der Waals surface area contributed by atoms with Gasteiger partial charge in [0.25, 0.3) is 0 Å². The van der Waals surface area contributed by atoms with Crippen molar-refractivity contribution in [3.8, 4) is 11.3 Å². The molecule has 1 aromatic carbocycles.